The molecule has 2 aromatic carbocycles. The molecule has 0 spiro atoms. The van der Waals surface area contributed by atoms with E-state index in [9.17, 15) is 4.79 Å². The molecule has 3 N–H and O–H groups in total. The zero-order valence-electron chi connectivity index (χ0n) is 15.3. The largest absolute Gasteiger partial charge is 0.348 e. The lowest BCUT2D eigenvalue weighted by molar-refractivity contribution is -0.123. The SMILES string of the molecule is NCCN(CCc1ccccc1)CC(=O)NC(c1ccccc1)C1CC1. The molecule has 4 nitrogen and oxygen atoms in total. The van der Waals surface area contributed by atoms with Gasteiger partial charge in [-0.25, -0.2) is 0 Å². The van der Waals surface area contributed by atoms with Crippen molar-refractivity contribution in [3.05, 3.63) is 71.8 Å². The van der Waals surface area contributed by atoms with Gasteiger partial charge >= 0.3 is 0 Å². The quantitative estimate of drug-likeness (QED) is 0.692. The highest BCUT2D eigenvalue weighted by Crippen LogP contribution is 2.40. The maximum absolute atomic E-state index is 12.7. The molecule has 1 aliphatic carbocycles. The number of nitrogens with one attached hydrogen (secondary N) is 1. The van der Waals surface area contributed by atoms with E-state index in [1.807, 2.05) is 24.3 Å². The number of benzene rings is 2. The summed E-state index contributed by atoms with van der Waals surface area (Å²) < 4.78 is 0. The number of rotatable bonds is 10. The average molecular weight is 351 g/mol. The van der Waals surface area contributed by atoms with Crippen LogP contribution in [-0.2, 0) is 11.2 Å². The fraction of sp³-hybridized carbons (Fsp3) is 0.409. The standard InChI is InChI=1S/C22H29N3O/c23-14-16-25(15-13-18-7-3-1-4-8-18)17-21(26)24-22(20-11-12-20)19-9-5-2-6-10-19/h1-10,20,22H,11-17,23H2,(H,24,26). The highest BCUT2D eigenvalue weighted by atomic mass is 16.2. The molecule has 1 amide bonds. The maximum Gasteiger partial charge on any atom is 0.234 e. The summed E-state index contributed by atoms with van der Waals surface area (Å²) >= 11 is 0. The van der Waals surface area contributed by atoms with Crippen LogP contribution in [0.4, 0.5) is 0 Å². The fourth-order valence-electron chi connectivity index (χ4n) is 3.37. The van der Waals surface area contributed by atoms with Gasteiger partial charge in [0, 0.05) is 19.6 Å². The number of carbonyl (C=O) groups is 1. The van der Waals surface area contributed by atoms with Crippen LogP contribution in [0.15, 0.2) is 60.7 Å². The topological polar surface area (TPSA) is 58.4 Å². The summed E-state index contributed by atoms with van der Waals surface area (Å²) in [7, 11) is 0. The van der Waals surface area contributed by atoms with Crippen LogP contribution in [-0.4, -0.2) is 37.0 Å². The summed E-state index contributed by atoms with van der Waals surface area (Å²) in [5.74, 6) is 0.667. The number of nitrogens with zero attached hydrogens (tertiary/aromatic N) is 1. The number of hydrogen-bond acceptors (Lipinski definition) is 3. The highest BCUT2D eigenvalue weighted by molar-refractivity contribution is 5.78. The van der Waals surface area contributed by atoms with E-state index in [0.29, 0.717) is 19.0 Å². The molecule has 1 unspecified atom stereocenters. The second-order valence-corrected chi connectivity index (χ2v) is 7.09. The predicted octanol–water partition coefficient (Wildman–Crippen LogP) is 2.76. The van der Waals surface area contributed by atoms with Crippen molar-refractivity contribution in [2.45, 2.75) is 25.3 Å². The molecular formula is C22H29N3O. The van der Waals surface area contributed by atoms with Gasteiger partial charge in [-0.3, -0.25) is 9.69 Å². The molecular weight excluding hydrogens is 322 g/mol. The van der Waals surface area contributed by atoms with E-state index in [2.05, 4.69) is 46.6 Å². The Hall–Kier alpha value is -2.17. The number of carbonyl (C=O) groups excluding carboxylic acids is 1. The van der Waals surface area contributed by atoms with Crippen molar-refractivity contribution in [2.24, 2.45) is 11.7 Å². The Morgan fingerprint density at radius 2 is 1.69 bits per heavy atom. The van der Waals surface area contributed by atoms with Crippen LogP contribution in [0, 0.1) is 5.92 Å². The second-order valence-electron chi connectivity index (χ2n) is 7.09. The number of nitrogens with two attached hydrogens (primary N) is 1. The van der Waals surface area contributed by atoms with Crippen molar-refractivity contribution < 1.29 is 4.79 Å². The van der Waals surface area contributed by atoms with Crippen LogP contribution in [0.2, 0.25) is 0 Å². The molecule has 0 bridgehead atoms. The van der Waals surface area contributed by atoms with E-state index in [1.54, 1.807) is 0 Å². The lowest BCUT2D eigenvalue weighted by atomic mass is 10.0. The summed E-state index contributed by atoms with van der Waals surface area (Å²) in [5, 5.41) is 3.26. The summed E-state index contributed by atoms with van der Waals surface area (Å²) in [6.07, 6.45) is 3.32. The third-order valence-electron chi connectivity index (χ3n) is 4.94. The van der Waals surface area contributed by atoms with E-state index < -0.39 is 0 Å². The molecule has 138 valence electrons. The Kier molecular flexibility index (Phi) is 6.81. The maximum atomic E-state index is 12.7. The molecule has 0 heterocycles. The molecule has 3 rings (SSSR count). The first-order valence-electron chi connectivity index (χ1n) is 9.57. The monoisotopic (exact) mass is 351 g/mol. The van der Waals surface area contributed by atoms with Crippen LogP contribution in [0.5, 0.6) is 0 Å². The Morgan fingerprint density at radius 1 is 1.04 bits per heavy atom. The van der Waals surface area contributed by atoms with Crippen molar-refractivity contribution in [3.8, 4) is 0 Å². The first-order valence-corrected chi connectivity index (χ1v) is 9.57. The molecule has 1 atom stereocenters. The molecule has 26 heavy (non-hydrogen) atoms. The van der Waals surface area contributed by atoms with E-state index in [-0.39, 0.29) is 11.9 Å². The van der Waals surface area contributed by atoms with Gasteiger partial charge in [-0.1, -0.05) is 60.7 Å². The van der Waals surface area contributed by atoms with E-state index >= 15 is 0 Å². The van der Waals surface area contributed by atoms with Crippen LogP contribution in [0.3, 0.4) is 0 Å². The van der Waals surface area contributed by atoms with Gasteiger partial charge in [0.2, 0.25) is 5.91 Å². The van der Waals surface area contributed by atoms with Crippen LogP contribution < -0.4 is 11.1 Å². The first kappa shape index (κ1) is 18.6. The van der Waals surface area contributed by atoms with E-state index in [4.69, 9.17) is 5.73 Å². The third-order valence-corrected chi connectivity index (χ3v) is 4.94. The average Bonchev–Trinajstić information content (AvgIpc) is 3.51. The van der Waals surface area contributed by atoms with Gasteiger partial charge < -0.3 is 11.1 Å². The summed E-state index contributed by atoms with van der Waals surface area (Å²) in [6, 6.07) is 20.8. The molecule has 0 radical (unpaired) electrons. The molecule has 4 heteroatoms. The lowest BCUT2D eigenvalue weighted by Gasteiger charge is -2.24. The first-order chi connectivity index (χ1) is 12.8. The summed E-state index contributed by atoms with van der Waals surface area (Å²) in [4.78, 5) is 14.8. The third kappa shape index (κ3) is 5.68. The minimum absolute atomic E-state index is 0.0901. The van der Waals surface area contributed by atoms with E-state index in [1.165, 1.54) is 24.0 Å². The van der Waals surface area contributed by atoms with Gasteiger partial charge in [0.15, 0.2) is 0 Å². The Labute approximate surface area is 156 Å². The highest BCUT2D eigenvalue weighted by Gasteiger charge is 2.33. The van der Waals surface area contributed by atoms with Crippen molar-refractivity contribution in [1.82, 2.24) is 10.2 Å². The Bertz CT molecular complexity index is 670. The Morgan fingerprint density at radius 3 is 2.31 bits per heavy atom. The lowest BCUT2D eigenvalue weighted by Crippen LogP contribution is -2.42. The van der Waals surface area contributed by atoms with Gasteiger partial charge in [0.1, 0.15) is 0 Å². The van der Waals surface area contributed by atoms with Crippen molar-refractivity contribution >= 4 is 5.91 Å². The molecule has 1 saturated carbocycles. The second kappa shape index (κ2) is 9.51. The molecule has 2 aromatic rings. The molecule has 0 saturated heterocycles. The van der Waals surface area contributed by atoms with Crippen molar-refractivity contribution in [2.75, 3.05) is 26.2 Å². The normalized spacial score (nSPS) is 15.0. The van der Waals surface area contributed by atoms with Crippen LogP contribution >= 0.6 is 0 Å². The van der Waals surface area contributed by atoms with Gasteiger partial charge in [0.05, 0.1) is 12.6 Å². The van der Waals surface area contributed by atoms with Crippen molar-refractivity contribution in [3.63, 3.8) is 0 Å². The minimum Gasteiger partial charge on any atom is -0.348 e. The molecule has 0 aromatic heterocycles. The van der Waals surface area contributed by atoms with Crippen LogP contribution in [0.1, 0.15) is 30.0 Å². The molecule has 0 aliphatic heterocycles. The Balaban J connectivity index is 1.55. The zero-order chi connectivity index (χ0) is 18.2. The fourth-order valence-corrected chi connectivity index (χ4v) is 3.37. The smallest absolute Gasteiger partial charge is 0.234 e. The van der Waals surface area contributed by atoms with Gasteiger partial charge in [-0.15, -0.1) is 0 Å². The van der Waals surface area contributed by atoms with Gasteiger partial charge in [-0.2, -0.15) is 0 Å². The number of hydrogen-bond donors (Lipinski definition) is 2. The zero-order valence-corrected chi connectivity index (χ0v) is 15.3. The number of amides is 1. The molecule has 1 aliphatic rings. The molecule has 1 fully saturated rings. The van der Waals surface area contributed by atoms with Crippen molar-refractivity contribution in [1.29, 1.82) is 0 Å². The summed E-state index contributed by atoms with van der Waals surface area (Å²) in [5.41, 5.74) is 8.24. The van der Waals surface area contributed by atoms with Gasteiger partial charge in [0.25, 0.3) is 0 Å². The summed E-state index contributed by atoms with van der Waals surface area (Å²) in [6.45, 7) is 2.54. The van der Waals surface area contributed by atoms with Gasteiger partial charge in [-0.05, 0) is 36.3 Å². The van der Waals surface area contributed by atoms with Crippen LogP contribution in [0.25, 0.3) is 0 Å². The predicted molar refractivity (Wildman–Crippen MR) is 106 cm³/mol. The minimum atomic E-state index is 0.0901. The van der Waals surface area contributed by atoms with E-state index in [0.717, 1.165) is 19.5 Å².